The van der Waals surface area contributed by atoms with Gasteiger partial charge in [-0.15, -0.1) is 10.2 Å². The number of pyridine rings is 1. The third-order valence-corrected chi connectivity index (χ3v) is 5.00. The first-order valence-corrected chi connectivity index (χ1v) is 9.57. The van der Waals surface area contributed by atoms with E-state index in [0.717, 1.165) is 37.4 Å². The van der Waals surface area contributed by atoms with Crippen molar-refractivity contribution in [2.75, 3.05) is 31.1 Å². The standard InChI is InChI=1S/C19H29N7O/c1-14(2)26-13-21-23-18(26)16(4)22-19(27)25-9-5-8-24(10-11-25)17-6-7-20-12-15(17)3/h6-7,12-14,16H,5,8-11H2,1-4H3,(H,22,27)/t16-/m0/s1. The first kappa shape index (κ1) is 19.1. The topological polar surface area (TPSA) is 79.2 Å². The summed E-state index contributed by atoms with van der Waals surface area (Å²) in [5.41, 5.74) is 2.36. The highest BCUT2D eigenvalue weighted by Gasteiger charge is 2.23. The Morgan fingerprint density at radius 1 is 1.19 bits per heavy atom. The maximum Gasteiger partial charge on any atom is 0.318 e. The molecule has 0 aromatic carbocycles. The summed E-state index contributed by atoms with van der Waals surface area (Å²) in [5, 5.41) is 11.2. The molecule has 3 rings (SSSR count). The number of nitrogens with one attached hydrogen (secondary N) is 1. The highest BCUT2D eigenvalue weighted by Crippen LogP contribution is 2.20. The van der Waals surface area contributed by atoms with Crippen LogP contribution in [0.25, 0.3) is 0 Å². The van der Waals surface area contributed by atoms with Crippen LogP contribution in [-0.2, 0) is 0 Å². The minimum Gasteiger partial charge on any atom is -0.369 e. The van der Waals surface area contributed by atoms with E-state index in [0.29, 0.717) is 6.54 Å². The number of nitrogens with zero attached hydrogens (tertiary/aromatic N) is 6. The molecule has 2 amide bonds. The van der Waals surface area contributed by atoms with Crippen molar-refractivity contribution in [2.45, 2.75) is 46.2 Å². The molecule has 8 nitrogen and oxygen atoms in total. The molecule has 1 aliphatic heterocycles. The summed E-state index contributed by atoms with van der Waals surface area (Å²) >= 11 is 0. The van der Waals surface area contributed by atoms with E-state index in [1.807, 2.05) is 34.9 Å². The van der Waals surface area contributed by atoms with Crippen LogP contribution in [0.2, 0.25) is 0 Å². The van der Waals surface area contributed by atoms with Crippen LogP contribution in [0.1, 0.15) is 50.7 Å². The molecule has 0 aliphatic carbocycles. The largest absolute Gasteiger partial charge is 0.369 e. The molecule has 1 fully saturated rings. The van der Waals surface area contributed by atoms with Gasteiger partial charge in [-0.25, -0.2) is 4.79 Å². The average Bonchev–Trinajstić information content (AvgIpc) is 3.01. The van der Waals surface area contributed by atoms with Gasteiger partial charge in [-0.3, -0.25) is 4.98 Å². The molecule has 0 bridgehead atoms. The highest BCUT2D eigenvalue weighted by molar-refractivity contribution is 5.74. The maximum atomic E-state index is 12.8. The number of amides is 2. The molecule has 1 N–H and O–H groups in total. The van der Waals surface area contributed by atoms with Gasteiger partial charge in [0.1, 0.15) is 6.33 Å². The molecule has 146 valence electrons. The number of aromatic nitrogens is 4. The normalized spacial score (nSPS) is 16.3. The van der Waals surface area contributed by atoms with Gasteiger partial charge in [-0.1, -0.05) is 0 Å². The summed E-state index contributed by atoms with van der Waals surface area (Å²) < 4.78 is 1.99. The third-order valence-electron chi connectivity index (χ3n) is 5.00. The molecule has 3 heterocycles. The number of rotatable bonds is 4. The van der Waals surface area contributed by atoms with E-state index in [1.165, 1.54) is 5.69 Å². The van der Waals surface area contributed by atoms with Crippen LogP contribution in [-0.4, -0.2) is 56.9 Å². The zero-order chi connectivity index (χ0) is 19.4. The zero-order valence-corrected chi connectivity index (χ0v) is 16.6. The van der Waals surface area contributed by atoms with Gasteiger partial charge in [0.15, 0.2) is 5.82 Å². The summed E-state index contributed by atoms with van der Waals surface area (Å²) in [6.07, 6.45) is 6.36. The highest BCUT2D eigenvalue weighted by atomic mass is 16.2. The number of hydrogen-bond acceptors (Lipinski definition) is 5. The SMILES string of the molecule is Cc1cnccc1N1CCCN(C(=O)N[C@@H](C)c2nncn2C(C)C)CC1. The molecule has 0 spiro atoms. The molecule has 1 aliphatic rings. The van der Waals surface area contributed by atoms with Crippen LogP contribution >= 0.6 is 0 Å². The molecule has 0 unspecified atom stereocenters. The summed E-state index contributed by atoms with van der Waals surface area (Å²) in [6.45, 7) is 11.4. The van der Waals surface area contributed by atoms with Crippen LogP contribution in [0.5, 0.6) is 0 Å². The van der Waals surface area contributed by atoms with Crippen molar-refractivity contribution in [1.82, 2.24) is 30.0 Å². The molecule has 2 aromatic rings. The van der Waals surface area contributed by atoms with E-state index >= 15 is 0 Å². The molecule has 2 aromatic heterocycles. The van der Waals surface area contributed by atoms with Gasteiger partial charge in [0, 0.05) is 50.3 Å². The van der Waals surface area contributed by atoms with Crippen LogP contribution in [0.3, 0.4) is 0 Å². The fraction of sp³-hybridized carbons (Fsp3) is 0.579. The van der Waals surface area contributed by atoms with E-state index in [4.69, 9.17) is 0 Å². The number of urea groups is 1. The van der Waals surface area contributed by atoms with E-state index in [1.54, 1.807) is 6.33 Å². The smallest absolute Gasteiger partial charge is 0.318 e. The van der Waals surface area contributed by atoms with Crippen molar-refractivity contribution in [2.24, 2.45) is 0 Å². The average molecular weight is 371 g/mol. The second-order valence-electron chi connectivity index (χ2n) is 7.35. The van der Waals surface area contributed by atoms with Gasteiger partial charge < -0.3 is 19.7 Å². The number of hydrogen-bond donors (Lipinski definition) is 1. The fourth-order valence-electron chi connectivity index (χ4n) is 3.48. The maximum absolute atomic E-state index is 12.8. The number of carbonyl (C=O) groups excluding carboxylic acids is 1. The second kappa shape index (κ2) is 8.37. The summed E-state index contributed by atoms with van der Waals surface area (Å²) in [5.74, 6) is 0.780. The van der Waals surface area contributed by atoms with Gasteiger partial charge in [0.2, 0.25) is 0 Å². The van der Waals surface area contributed by atoms with E-state index in [2.05, 4.69) is 46.2 Å². The predicted octanol–water partition coefficient (Wildman–Crippen LogP) is 2.55. The van der Waals surface area contributed by atoms with Crippen molar-refractivity contribution in [1.29, 1.82) is 0 Å². The van der Waals surface area contributed by atoms with Crippen molar-refractivity contribution in [3.63, 3.8) is 0 Å². The molecule has 1 saturated heterocycles. The Morgan fingerprint density at radius 2 is 2.00 bits per heavy atom. The first-order valence-electron chi connectivity index (χ1n) is 9.57. The molecule has 0 saturated carbocycles. The van der Waals surface area contributed by atoms with Crippen LogP contribution < -0.4 is 10.2 Å². The Balaban J connectivity index is 1.61. The molecular weight excluding hydrogens is 342 g/mol. The lowest BCUT2D eigenvalue weighted by atomic mass is 10.2. The van der Waals surface area contributed by atoms with Crippen LogP contribution in [0, 0.1) is 6.92 Å². The molecule has 27 heavy (non-hydrogen) atoms. The van der Waals surface area contributed by atoms with Gasteiger partial charge >= 0.3 is 6.03 Å². The zero-order valence-electron chi connectivity index (χ0n) is 16.6. The lowest BCUT2D eigenvalue weighted by Crippen LogP contribution is -2.43. The summed E-state index contributed by atoms with van der Waals surface area (Å²) in [6, 6.07) is 2.06. The molecular formula is C19H29N7O. The van der Waals surface area contributed by atoms with Crippen LogP contribution in [0.4, 0.5) is 10.5 Å². The summed E-state index contributed by atoms with van der Waals surface area (Å²) in [4.78, 5) is 21.2. The van der Waals surface area contributed by atoms with E-state index < -0.39 is 0 Å². The summed E-state index contributed by atoms with van der Waals surface area (Å²) in [7, 11) is 0. The molecule has 0 radical (unpaired) electrons. The Labute approximate surface area is 160 Å². The number of anilines is 1. The third kappa shape index (κ3) is 4.37. The van der Waals surface area contributed by atoms with Crippen molar-refractivity contribution in [3.8, 4) is 0 Å². The Hall–Kier alpha value is -2.64. The monoisotopic (exact) mass is 371 g/mol. The van der Waals surface area contributed by atoms with Crippen LogP contribution in [0.15, 0.2) is 24.8 Å². The quantitative estimate of drug-likeness (QED) is 0.893. The van der Waals surface area contributed by atoms with Crippen molar-refractivity contribution < 1.29 is 4.79 Å². The van der Waals surface area contributed by atoms with Gasteiger partial charge in [0.25, 0.3) is 0 Å². The fourth-order valence-corrected chi connectivity index (χ4v) is 3.48. The minimum absolute atomic E-state index is 0.0471. The van der Waals surface area contributed by atoms with E-state index in [-0.39, 0.29) is 18.1 Å². The minimum atomic E-state index is -0.191. The lowest BCUT2D eigenvalue weighted by Gasteiger charge is -2.26. The second-order valence-corrected chi connectivity index (χ2v) is 7.35. The van der Waals surface area contributed by atoms with Crippen molar-refractivity contribution in [3.05, 3.63) is 36.2 Å². The lowest BCUT2D eigenvalue weighted by molar-refractivity contribution is 0.197. The Morgan fingerprint density at radius 3 is 2.74 bits per heavy atom. The van der Waals surface area contributed by atoms with Gasteiger partial charge in [-0.05, 0) is 45.7 Å². The number of carbonyl (C=O) groups is 1. The van der Waals surface area contributed by atoms with E-state index in [9.17, 15) is 4.79 Å². The van der Waals surface area contributed by atoms with Gasteiger partial charge in [0.05, 0.1) is 6.04 Å². The Bertz CT molecular complexity index is 773. The Kier molecular flexibility index (Phi) is 5.93. The number of aryl methyl sites for hydroxylation is 1. The molecule has 1 atom stereocenters. The molecule has 8 heteroatoms. The van der Waals surface area contributed by atoms with Crippen molar-refractivity contribution >= 4 is 11.7 Å². The predicted molar refractivity (Wildman–Crippen MR) is 105 cm³/mol. The van der Waals surface area contributed by atoms with Gasteiger partial charge in [-0.2, -0.15) is 0 Å². The first-order chi connectivity index (χ1) is 13.0.